The monoisotopic (exact) mass is 328 g/mol. The highest BCUT2D eigenvalue weighted by molar-refractivity contribution is 5.88. The van der Waals surface area contributed by atoms with Gasteiger partial charge in [0.1, 0.15) is 0 Å². The van der Waals surface area contributed by atoms with E-state index in [0.717, 1.165) is 25.0 Å². The molecule has 0 saturated carbocycles. The van der Waals surface area contributed by atoms with Crippen LogP contribution in [0.3, 0.4) is 0 Å². The average Bonchev–Trinajstić information content (AvgIpc) is 2.51. The van der Waals surface area contributed by atoms with Gasteiger partial charge in [-0.1, -0.05) is 0 Å². The summed E-state index contributed by atoms with van der Waals surface area (Å²) in [5.74, 6) is -4.24. The Morgan fingerprint density at radius 3 is 2.48 bits per heavy atom. The molecule has 0 radical (unpaired) electrons. The van der Waals surface area contributed by atoms with Crippen molar-refractivity contribution in [3.63, 3.8) is 0 Å². The molecule has 1 aromatic carbocycles. The van der Waals surface area contributed by atoms with E-state index in [2.05, 4.69) is 0 Å². The van der Waals surface area contributed by atoms with Crippen LogP contribution in [0.5, 0.6) is 5.75 Å². The fourth-order valence-corrected chi connectivity index (χ4v) is 2.59. The molecule has 0 bridgehead atoms. The molecule has 1 saturated heterocycles. The summed E-state index contributed by atoms with van der Waals surface area (Å²) in [6.07, 6.45) is 2.19. The summed E-state index contributed by atoms with van der Waals surface area (Å²) in [6.45, 7) is 1.34. The molecule has 2 amide bonds. The fraction of sp³-hybridized carbons (Fsp3) is 0.467. The smallest absolute Gasteiger partial charge is 0.338 e. The molecule has 1 aromatic rings. The molecule has 126 valence electrons. The van der Waals surface area contributed by atoms with Gasteiger partial charge in [-0.3, -0.25) is 0 Å². The Labute approximate surface area is 131 Å². The van der Waals surface area contributed by atoms with Gasteiger partial charge in [0.2, 0.25) is 5.82 Å². The third kappa shape index (κ3) is 4.08. The molecule has 1 aliphatic rings. The predicted octanol–water partition coefficient (Wildman–Crippen LogP) is 2.22. The lowest BCUT2D eigenvalue weighted by molar-refractivity contribution is 0.0690. The highest BCUT2D eigenvalue weighted by atomic mass is 19.2. The summed E-state index contributed by atoms with van der Waals surface area (Å²) in [6, 6.07) is 1.65. The minimum atomic E-state index is -1.53. The minimum Gasteiger partial charge on any atom is -0.490 e. The van der Waals surface area contributed by atoms with Gasteiger partial charge in [0.05, 0.1) is 12.2 Å². The number of piperidine rings is 1. The number of rotatable bonds is 5. The Balaban J connectivity index is 1.84. The van der Waals surface area contributed by atoms with E-state index in [9.17, 15) is 18.4 Å². The standard InChI is InChI=1S/C15H18F2N2O4/c16-12-10(14(20)21)1-2-11(13(12)17)23-8-5-9-3-6-19(7-4-9)15(18)22/h1-2,9H,3-8H2,(H2,18,22)(H,20,21). The number of likely N-dealkylation sites (tertiary alicyclic amines) is 1. The molecule has 8 heteroatoms. The molecule has 2 rings (SSSR count). The van der Waals surface area contributed by atoms with Crippen LogP contribution in [0, 0.1) is 17.6 Å². The average molecular weight is 328 g/mol. The van der Waals surface area contributed by atoms with Crippen LogP contribution in [-0.2, 0) is 0 Å². The minimum absolute atomic E-state index is 0.185. The van der Waals surface area contributed by atoms with E-state index in [4.69, 9.17) is 15.6 Å². The van der Waals surface area contributed by atoms with Crippen molar-refractivity contribution in [1.82, 2.24) is 4.90 Å². The van der Waals surface area contributed by atoms with Crippen LogP contribution >= 0.6 is 0 Å². The van der Waals surface area contributed by atoms with Crippen LogP contribution in [0.2, 0.25) is 0 Å². The number of nitrogens with two attached hydrogens (primary N) is 1. The van der Waals surface area contributed by atoms with Crippen molar-refractivity contribution in [2.45, 2.75) is 19.3 Å². The topological polar surface area (TPSA) is 92.9 Å². The van der Waals surface area contributed by atoms with E-state index < -0.39 is 29.2 Å². The number of carbonyl (C=O) groups is 2. The zero-order valence-corrected chi connectivity index (χ0v) is 12.4. The molecule has 1 fully saturated rings. The molecule has 0 spiro atoms. The van der Waals surface area contributed by atoms with Crippen LogP contribution in [0.1, 0.15) is 29.6 Å². The van der Waals surface area contributed by atoms with Gasteiger partial charge in [0.25, 0.3) is 0 Å². The van der Waals surface area contributed by atoms with E-state index in [0.29, 0.717) is 25.4 Å². The quantitative estimate of drug-likeness (QED) is 0.867. The van der Waals surface area contributed by atoms with E-state index in [1.807, 2.05) is 0 Å². The zero-order valence-electron chi connectivity index (χ0n) is 12.4. The van der Waals surface area contributed by atoms with Crippen molar-refractivity contribution >= 4 is 12.0 Å². The summed E-state index contributed by atoms with van der Waals surface area (Å²) in [7, 11) is 0. The second-order valence-corrected chi connectivity index (χ2v) is 5.45. The van der Waals surface area contributed by atoms with Gasteiger partial charge in [0, 0.05) is 13.1 Å². The van der Waals surface area contributed by atoms with Crippen LogP contribution < -0.4 is 10.5 Å². The van der Waals surface area contributed by atoms with E-state index in [-0.39, 0.29) is 12.4 Å². The molecule has 0 aliphatic carbocycles. The fourth-order valence-electron chi connectivity index (χ4n) is 2.59. The Kier molecular flexibility index (Phi) is 5.36. The maximum Gasteiger partial charge on any atom is 0.338 e. The Morgan fingerprint density at radius 2 is 1.91 bits per heavy atom. The SMILES string of the molecule is NC(=O)N1CCC(CCOc2ccc(C(=O)O)c(F)c2F)CC1. The van der Waals surface area contributed by atoms with Crippen LogP contribution in [-0.4, -0.2) is 41.7 Å². The summed E-state index contributed by atoms with van der Waals surface area (Å²) < 4.78 is 32.5. The van der Waals surface area contributed by atoms with Gasteiger partial charge >= 0.3 is 12.0 Å². The molecular formula is C15H18F2N2O4. The predicted molar refractivity (Wildman–Crippen MR) is 77.3 cm³/mol. The van der Waals surface area contributed by atoms with Gasteiger partial charge in [-0.05, 0) is 37.3 Å². The van der Waals surface area contributed by atoms with Crippen molar-refractivity contribution < 1.29 is 28.2 Å². The third-order valence-corrected chi connectivity index (χ3v) is 3.99. The number of hydrogen-bond donors (Lipinski definition) is 2. The van der Waals surface area contributed by atoms with Crippen LogP contribution in [0.4, 0.5) is 13.6 Å². The Bertz CT molecular complexity index is 601. The van der Waals surface area contributed by atoms with Crippen LogP contribution in [0.25, 0.3) is 0 Å². The number of carbonyl (C=O) groups excluding carboxylic acids is 1. The maximum atomic E-state index is 13.7. The molecule has 23 heavy (non-hydrogen) atoms. The first-order valence-corrected chi connectivity index (χ1v) is 7.28. The van der Waals surface area contributed by atoms with Crippen molar-refractivity contribution in [3.05, 3.63) is 29.3 Å². The highest BCUT2D eigenvalue weighted by Crippen LogP contribution is 2.25. The molecular weight excluding hydrogens is 310 g/mol. The van der Waals surface area contributed by atoms with Gasteiger partial charge < -0.3 is 20.5 Å². The molecule has 3 N–H and O–H groups in total. The van der Waals surface area contributed by atoms with Crippen molar-refractivity contribution in [3.8, 4) is 5.75 Å². The number of benzene rings is 1. The second kappa shape index (κ2) is 7.26. The number of urea groups is 1. The summed E-state index contributed by atoms with van der Waals surface area (Å²) in [5, 5.41) is 8.70. The first-order valence-electron chi connectivity index (χ1n) is 7.28. The lowest BCUT2D eigenvalue weighted by Gasteiger charge is -2.30. The first-order chi connectivity index (χ1) is 10.9. The van der Waals surface area contributed by atoms with Gasteiger partial charge in [0.15, 0.2) is 11.6 Å². The summed E-state index contributed by atoms with van der Waals surface area (Å²) in [5.41, 5.74) is 4.47. The number of nitrogens with zero attached hydrogens (tertiary/aromatic N) is 1. The van der Waals surface area contributed by atoms with E-state index in [1.54, 1.807) is 4.90 Å². The van der Waals surface area contributed by atoms with Crippen molar-refractivity contribution in [1.29, 1.82) is 0 Å². The number of aromatic carboxylic acids is 1. The number of amides is 2. The maximum absolute atomic E-state index is 13.7. The number of carboxylic acids is 1. The van der Waals surface area contributed by atoms with E-state index >= 15 is 0 Å². The molecule has 0 aromatic heterocycles. The lowest BCUT2D eigenvalue weighted by atomic mass is 9.94. The zero-order chi connectivity index (χ0) is 17.0. The third-order valence-electron chi connectivity index (χ3n) is 3.99. The molecule has 0 atom stereocenters. The highest BCUT2D eigenvalue weighted by Gasteiger charge is 2.22. The molecule has 1 aliphatic heterocycles. The van der Waals surface area contributed by atoms with E-state index in [1.165, 1.54) is 0 Å². The van der Waals surface area contributed by atoms with Crippen molar-refractivity contribution in [2.24, 2.45) is 11.7 Å². The Hall–Kier alpha value is -2.38. The number of halogens is 2. The normalized spacial score (nSPS) is 15.5. The van der Waals surface area contributed by atoms with Gasteiger partial charge in [-0.15, -0.1) is 0 Å². The molecule has 0 unspecified atom stereocenters. The largest absolute Gasteiger partial charge is 0.490 e. The van der Waals surface area contributed by atoms with Gasteiger partial charge in [-0.2, -0.15) is 4.39 Å². The first kappa shape index (κ1) is 17.0. The lowest BCUT2D eigenvalue weighted by Crippen LogP contribution is -2.41. The number of primary amides is 1. The number of hydrogen-bond acceptors (Lipinski definition) is 3. The second-order valence-electron chi connectivity index (χ2n) is 5.45. The van der Waals surface area contributed by atoms with Crippen LogP contribution in [0.15, 0.2) is 12.1 Å². The summed E-state index contributed by atoms with van der Waals surface area (Å²) >= 11 is 0. The van der Waals surface area contributed by atoms with Crippen molar-refractivity contribution in [2.75, 3.05) is 19.7 Å². The molecule has 1 heterocycles. The molecule has 6 nitrogen and oxygen atoms in total. The number of carboxylic acid groups (broad SMARTS) is 1. The Morgan fingerprint density at radius 1 is 1.26 bits per heavy atom. The van der Waals surface area contributed by atoms with Gasteiger partial charge in [-0.25, -0.2) is 14.0 Å². The summed E-state index contributed by atoms with van der Waals surface area (Å²) in [4.78, 5) is 23.3. The number of ether oxygens (including phenoxy) is 1.